The molecule has 150 valence electrons. The highest BCUT2D eigenvalue weighted by atomic mass is 16.5. The fraction of sp³-hybridized carbons (Fsp3) is 0.273. The number of oxazole rings is 1. The number of benzene rings is 2. The van der Waals surface area contributed by atoms with Gasteiger partial charge >= 0.3 is 5.97 Å². The smallest absolute Gasteiger partial charge is 0.335 e. The van der Waals surface area contributed by atoms with Gasteiger partial charge in [0.05, 0.1) is 32.0 Å². The highest BCUT2D eigenvalue weighted by molar-refractivity contribution is 5.88. The van der Waals surface area contributed by atoms with E-state index in [1.807, 2.05) is 23.1 Å². The summed E-state index contributed by atoms with van der Waals surface area (Å²) >= 11 is 0. The number of rotatable bonds is 9. The van der Waals surface area contributed by atoms with Gasteiger partial charge in [-0.25, -0.2) is 9.78 Å². The molecule has 1 aliphatic carbocycles. The summed E-state index contributed by atoms with van der Waals surface area (Å²) < 4.78 is 16.9. The largest absolute Gasteiger partial charge is 0.493 e. The minimum atomic E-state index is -0.960. The second kappa shape index (κ2) is 8.26. The van der Waals surface area contributed by atoms with Crippen LogP contribution in [0.2, 0.25) is 0 Å². The Hall–Kier alpha value is -3.48. The Kier molecular flexibility index (Phi) is 5.37. The first-order chi connectivity index (χ1) is 14.1. The summed E-state index contributed by atoms with van der Waals surface area (Å²) in [5.41, 5.74) is 1.93. The number of nitrogens with zero attached hydrogens (tertiary/aromatic N) is 2. The lowest BCUT2D eigenvalue weighted by Crippen LogP contribution is -2.16. The van der Waals surface area contributed by atoms with Crippen molar-refractivity contribution in [1.29, 1.82) is 0 Å². The quantitative estimate of drug-likeness (QED) is 0.571. The lowest BCUT2D eigenvalue weighted by molar-refractivity contribution is 0.0697. The van der Waals surface area contributed by atoms with E-state index in [2.05, 4.69) is 4.98 Å². The molecular formula is C22H22N2O5. The SMILES string of the molecule is COc1ccc(N(Cc2cnco2)c2ccc(C(=O)O)cc2)cc1OCC1CC1. The first kappa shape index (κ1) is 18.9. The number of aromatic carboxylic acids is 1. The zero-order chi connectivity index (χ0) is 20.2. The lowest BCUT2D eigenvalue weighted by atomic mass is 10.1. The minimum Gasteiger partial charge on any atom is -0.493 e. The molecule has 4 rings (SSSR count). The van der Waals surface area contributed by atoms with Crippen molar-refractivity contribution in [3.8, 4) is 11.5 Å². The van der Waals surface area contributed by atoms with Crippen molar-refractivity contribution in [2.75, 3.05) is 18.6 Å². The molecule has 2 aromatic carbocycles. The molecule has 7 nitrogen and oxygen atoms in total. The molecule has 1 heterocycles. The third-order valence-electron chi connectivity index (χ3n) is 4.85. The lowest BCUT2D eigenvalue weighted by Gasteiger charge is -2.25. The molecule has 0 atom stereocenters. The zero-order valence-corrected chi connectivity index (χ0v) is 16.1. The van der Waals surface area contributed by atoms with Gasteiger partial charge in [0.25, 0.3) is 0 Å². The normalized spacial score (nSPS) is 13.1. The summed E-state index contributed by atoms with van der Waals surface area (Å²) in [6.45, 7) is 1.11. The van der Waals surface area contributed by atoms with Crippen LogP contribution in [0.3, 0.4) is 0 Å². The maximum atomic E-state index is 11.2. The Morgan fingerprint density at radius 2 is 1.93 bits per heavy atom. The summed E-state index contributed by atoms with van der Waals surface area (Å²) in [7, 11) is 1.62. The number of carboxylic acid groups (broad SMARTS) is 1. The molecule has 1 saturated carbocycles. The van der Waals surface area contributed by atoms with Crippen molar-refractivity contribution >= 4 is 17.3 Å². The van der Waals surface area contributed by atoms with E-state index in [1.165, 1.54) is 19.2 Å². The standard InChI is InChI=1S/C22H22N2O5/c1-27-20-9-8-18(10-21(20)28-13-15-2-3-15)24(12-19-11-23-14-29-19)17-6-4-16(5-7-17)22(25)26/h4-11,14-15H,2-3,12-13H2,1H3,(H,25,26). The van der Waals surface area contributed by atoms with E-state index in [-0.39, 0.29) is 5.56 Å². The first-order valence-corrected chi connectivity index (χ1v) is 9.43. The van der Waals surface area contributed by atoms with Crippen LogP contribution in [-0.4, -0.2) is 29.8 Å². The Morgan fingerprint density at radius 1 is 1.17 bits per heavy atom. The number of ether oxygens (including phenoxy) is 2. The molecule has 0 amide bonds. The van der Waals surface area contributed by atoms with Crippen molar-refractivity contribution in [3.05, 3.63) is 66.4 Å². The molecule has 0 radical (unpaired) electrons. The summed E-state index contributed by atoms with van der Waals surface area (Å²) in [5.74, 6) is 1.70. The van der Waals surface area contributed by atoms with E-state index in [9.17, 15) is 9.90 Å². The Bertz CT molecular complexity index is 965. The number of methoxy groups -OCH3 is 1. The molecule has 0 unspecified atom stereocenters. The van der Waals surface area contributed by atoms with Gasteiger partial charge in [-0.1, -0.05) is 0 Å². The molecule has 0 aliphatic heterocycles. The van der Waals surface area contributed by atoms with Crippen LogP contribution in [0.15, 0.2) is 59.5 Å². The van der Waals surface area contributed by atoms with E-state index in [0.717, 1.165) is 11.4 Å². The topological polar surface area (TPSA) is 85.0 Å². The highest BCUT2D eigenvalue weighted by Crippen LogP contribution is 2.37. The monoisotopic (exact) mass is 394 g/mol. The van der Waals surface area contributed by atoms with Crippen LogP contribution in [0.25, 0.3) is 0 Å². The first-order valence-electron chi connectivity index (χ1n) is 9.43. The Morgan fingerprint density at radius 3 is 2.55 bits per heavy atom. The van der Waals surface area contributed by atoms with Gasteiger partial charge in [0, 0.05) is 17.4 Å². The van der Waals surface area contributed by atoms with Crippen LogP contribution in [0, 0.1) is 5.92 Å². The van der Waals surface area contributed by atoms with Crippen molar-refractivity contribution in [3.63, 3.8) is 0 Å². The van der Waals surface area contributed by atoms with E-state index in [4.69, 9.17) is 13.9 Å². The molecule has 29 heavy (non-hydrogen) atoms. The molecule has 3 aromatic rings. The van der Waals surface area contributed by atoms with Crippen LogP contribution in [-0.2, 0) is 6.54 Å². The van der Waals surface area contributed by atoms with Gasteiger partial charge in [-0.2, -0.15) is 0 Å². The number of hydrogen-bond donors (Lipinski definition) is 1. The predicted octanol–water partition coefficient (Wildman–Crippen LogP) is 4.51. The van der Waals surface area contributed by atoms with Crippen LogP contribution in [0.1, 0.15) is 29.0 Å². The number of anilines is 2. The van der Waals surface area contributed by atoms with Gasteiger partial charge in [0.1, 0.15) is 5.76 Å². The van der Waals surface area contributed by atoms with Crippen LogP contribution >= 0.6 is 0 Å². The van der Waals surface area contributed by atoms with E-state index >= 15 is 0 Å². The van der Waals surface area contributed by atoms with Gasteiger partial charge in [-0.05, 0) is 55.2 Å². The second-order valence-electron chi connectivity index (χ2n) is 7.00. The second-order valence-corrected chi connectivity index (χ2v) is 7.00. The number of carbonyl (C=O) groups is 1. The molecule has 0 saturated heterocycles. The average Bonchev–Trinajstić information content (AvgIpc) is 3.43. The third kappa shape index (κ3) is 4.51. The van der Waals surface area contributed by atoms with Gasteiger partial charge < -0.3 is 23.9 Å². The summed E-state index contributed by atoms with van der Waals surface area (Å²) in [4.78, 5) is 17.2. The maximum absolute atomic E-state index is 11.2. The van der Waals surface area contributed by atoms with Crippen molar-refractivity contribution in [1.82, 2.24) is 4.98 Å². The number of carboxylic acids is 1. The van der Waals surface area contributed by atoms with Crippen LogP contribution in [0.4, 0.5) is 11.4 Å². The van der Waals surface area contributed by atoms with E-state index in [0.29, 0.717) is 36.3 Å². The fourth-order valence-electron chi connectivity index (χ4n) is 3.03. The minimum absolute atomic E-state index is 0.233. The molecule has 0 bridgehead atoms. The molecule has 1 aliphatic rings. The summed E-state index contributed by atoms with van der Waals surface area (Å²) in [6.07, 6.45) is 5.46. The third-order valence-corrected chi connectivity index (χ3v) is 4.85. The molecule has 1 fully saturated rings. The maximum Gasteiger partial charge on any atom is 0.335 e. The Balaban J connectivity index is 1.67. The summed E-state index contributed by atoms with van der Waals surface area (Å²) in [5, 5.41) is 9.17. The number of hydrogen-bond acceptors (Lipinski definition) is 6. The highest BCUT2D eigenvalue weighted by Gasteiger charge is 2.23. The summed E-state index contributed by atoms with van der Waals surface area (Å²) in [6, 6.07) is 12.4. The average molecular weight is 394 g/mol. The van der Waals surface area contributed by atoms with Crippen LogP contribution < -0.4 is 14.4 Å². The van der Waals surface area contributed by atoms with Crippen LogP contribution in [0.5, 0.6) is 11.5 Å². The van der Waals surface area contributed by atoms with E-state index in [1.54, 1.807) is 37.6 Å². The van der Waals surface area contributed by atoms with Gasteiger partial charge in [0.2, 0.25) is 0 Å². The number of aromatic nitrogens is 1. The van der Waals surface area contributed by atoms with E-state index < -0.39 is 5.97 Å². The van der Waals surface area contributed by atoms with Crippen molar-refractivity contribution in [2.45, 2.75) is 19.4 Å². The van der Waals surface area contributed by atoms with Gasteiger partial charge in [0.15, 0.2) is 17.9 Å². The fourth-order valence-corrected chi connectivity index (χ4v) is 3.03. The molecule has 1 N–H and O–H groups in total. The molecule has 0 spiro atoms. The molecular weight excluding hydrogens is 372 g/mol. The Labute approximate surface area is 168 Å². The zero-order valence-electron chi connectivity index (χ0n) is 16.1. The predicted molar refractivity (Wildman–Crippen MR) is 107 cm³/mol. The van der Waals surface area contributed by atoms with Gasteiger partial charge in [-0.3, -0.25) is 0 Å². The molecule has 1 aromatic heterocycles. The molecule has 7 heteroatoms. The van der Waals surface area contributed by atoms with Gasteiger partial charge in [-0.15, -0.1) is 0 Å². The van der Waals surface area contributed by atoms with Crippen molar-refractivity contribution in [2.24, 2.45) is 5.92 Å². The van der Waals surface area contributed by atoms with Crippen molar-refractivity contribution < 1.29 is 23.8 Å².